The molecule has 0 bridgehead atoms. The highest BCUT2D eigenvalue weighted by atomic mass is 16.1. The Balaban J connectivity index is 3.25. The van der Waals surface area contributed by atoms with Crippen LogP contribution in [0.4, 0.5) is 0 Å². The molecule has 0 aliphatic carbocycles. The third-order valence-corrected chi connectivity index (χ3v) is 3.64. The quantitative estimate of drug-likeness (QED) is 0.294. The summed E-state index contributed by atoms with van der Waals surface area (Å²) >= 11 is 0. The largest absolute Gasteiger partial charge is 0.356 e. The molecule has 0 aromatic carbocycles. The van der Waals surface area contributed by atoms with Crippen molar-refractivity contribution in [1.82, 2.24) is 5.32 Å². The van der Waals surface area contributed by atoms with Gasteiger partial charge in [-0.15, -0.1) is 6.58 Å². The zero-order chi connectivity index (χ0) is 16.0. The lowest BCUT2D eigenvalue weighted by molar-refractivity contribution is -0.870. The lowest BCUT2D eigenvalue weighted by atomic mass is 10.1. The van der Waals surface area contributed by atoms with Crippen LogP contribution in [0, 0.1) is 0 Å². The van der Waals surface area contributed by atoms with Crippen molar-refractivity contribution >= 4 is 5.91 Å². The molecule has 0 aliphatic rings. The predicted octanol–water partition coefficient (Wildman–Crippen LogP) is 3.90. The van der Waals surface area contributed by atoms with Gasteiger partial charge in [-0.2, -0.15) is 0 Å². The first-order chi connectivity index (χ1) is 9.95. The first kappa shape index (κ1) is 20.2. The van der Waals surface area contributed by atoms with Gasteiger partial charge >= 0.3 is 0 Å². The van der Waals surface area contributed by atoms with Gasteiger partial charge in [0.2, 0.25) is 5.91 Å². The fourth-order valence-corrected chi connectivity index (χ4v) is 2.33. The lowest BCUT2D eigenvalue weighted by Gasteiger charge is -2.23. The number of hydrogen-bond donors (Lipinski definition) is 1. The van der Waals surface area contributed by atoms with Gasteiger partial charge in [-0.05, 0) is 19.3 Å². The summed E-state index contributed by atoms with van der Waals surface area (Å²) < 4.78 is 0.961. The molecule has 1 amide bonds. The highest BCUT2D eigenvalue weighted by Crippen LogP contribution is 2.09. The predicted molar refractivity (Wildman–Crippen MR) is 92.3 cm³/mol. The first-order valence-corrected chi connectivity index (χ1v) is 8.64. The van der Waals surface area contributed by atoms with E-state index in [0.29, 0.717) is 6.42 Å². The number of amides is 1. The Morgan fingerprint density at radius 3 is 2.10 bits per heavy atom. The van der Waals surface area contributed by atoms with E-state index in [2.05, 4.69) is 33.0 Å². The van der Waals surface area contributed by atoms with Gasteiger partial charge in [-0.25, -0.2) is 0 Å². The van der Waals surface area contributed by atoms with Crippen LogP contribution in [0.15, 0.2) is 12.7 Å². The number of nitrogens with one attached hydrogen (secondary N) is 1. The Bertz CT molecular complexity index is 269. The minimum Gasteiger partial charge on any atom is -0.356 e. The van der Waals surface area contributed by atoms with Crippen LogP contribution in [-0.4, -0.2) is 44.6 Å². The lowest BCUT2D eigenvalue weighted by Crippen LogP contribution is -2.37. The molecule has 21 heavy (non-hydrogen) atoms. The maximum Gasteiger partial charge on any atom is 0.219 e. The Kier molecular flexibility index (Phi) is 12.4. The molecule has 0 unspecified atom stereocenters. The normalized spacial score (nSPS) is 11.4. The standard InChI is InChI=1S/C18H36N2O/c1-5-6-7-8-9-10-11-12-13-15-18(21)19-16-14-17-20(2,3)4/h5H,1,6-17H2,2-4H3/p+1. The molecular weight excluding hydrogens is 260 g/mol. The van der Waals surface area contributed by atoms with Gasteiger partial charge in [0.15, 0.2) is 0 Å². The number of quaternary nitrogens is 1. The fraction of sp³-hybridized carbons (Fsp3) is 0.833. The molecule has 3 nitrogen and oxygen atoms in total. The van der Waals surface area contributed by atoms with E-state index >= 15 is 0 Å². The molecule has 0 aromatic heterocycles. The van der Waals surface area contributed by atoms with Crippen LogP contribution in [0.5, 0.6) is 0 Å². The Morgan fingerprint density at radius 1 is 0.952 bits per heavy atom. The Morgan fingerprint density at radius 2 is 1.52 bits per heavy atom. The van der Waals surface area contributed by atoms with E-state index < -0.39 is 0 Å². The van der Waals surface area contributed by atoms with Gasteiger partial charge in [0.1, 0.15) is 0 Å². The van der Waals surface area contributed by atoms with Crippen molar-refractivity contribution in [3.05, 3.63) is 12.7 Å². The molecule has 0 fully saturated rings. The molecule has 0 radical (unpaired) electrons. The summed E-state index contributed by atoms with van der Waals surface area (Å²) in [6, 6.07) is 0. The van der Waals surface area contributed by atoms with Crippen LogP contribution in [0.25, 0.3) is 0 Å². The van der Waals surface area contributed by atoms with Gasteiger partial charge < -0.3 is 9.80 Å². The fourth-order valence-electron chi connectivity index (χ4n) is 2.33. The number of carbonyl (C=O) groups is 1. The topological polar surface area (TPSA) is 29.1 Å². The molecule has 0 aromatic rings. The van der Waals surface area contributed by atoms with Crippen molar-refractivity contribution in [2.45, 2.75) is 64.2 Å². The highest BCUT2D eigenvalue weighted by molar-refractivity contribution is 5.75. The minimum atomic E-state index is 0.224. The van der Waals surface area contributed by atoms with Crippen molar-refractivity contribution in [1.29, 1.82) is 0 Å². The van der Waals surface area contributed by atoms with E-state index in [4.69, 9.17) is 0 Å². The maximum absolute atomic E-state index is 11.6. The van der Waals surface area contributed by atoms with Crippen LogP contribution in [0.1, 0.15) is 64.2 Å². The number of allylic oxidation sites excluding steroid dienone is 1. The van der Waals surface area contributed by atoms with Crippen molar-refractivity contribution in [3.63, 3.8) is 0 Å². The van der Waals surface area contributed by atoms with E-state index in [1.165, 1.54) is 38.5 Å². The molecule has 3 heteroatoms. The first-order valence-electron chi connectivity index (χ1n) is 8.64. The van der Waals surface area contributed by atoms with E-state index in [9.17, 15) is 4.79 Å². The molecule has 0 spiro atoms. The summed E-state index contributed by atoms with van der Waals surface area (Å²) in [5, 5.41) is 3.02. The molecular formula is C18H37N2O+. The van der Waals surface area contributed by atoms with Gasteiger partial charge in [0, 0.05) is 19.4 Å². The molecule has 0 atom stereocenters. The molecule has 0 saturated carbocycles. The molecule has 1 N–H and O–H groups in total. The second-order valence-electron chi connectivity index (χ2n) is 7.02. The summed E-state index contributed by atoms with van der Waals surface area (Å²) in [5.41, 5.74) is 0. The minimum absolute atomic E-state index is 0.224. The van der Waals surface area contributed by atoms with Gasteiger partial charge in [-0.1, -0.05) is 38.2 Å². The molecule has 0 saturated heterocycles. The van der Waals surface area contributed by atoms with E-state index in [-0.39, 0.29) is 5.91 Å². The summed E-state index contributed by atoms with van der Waals surface area (Å²) in [5.74, 6) is 0.224. The van der Waals surface area contributed by atoms with Crippen molar-refractivity contribution in [2.24, 2.45) is 0 Å². The van der Waals surface area contributed by atoms with Crippen LogP contribution in [0.3, 0.4) is 0 Å². The SMILES string of the molecule is C=CCCCCCCCCCC(=O)NCCC[N+](C)(C)C. The highest BCUT2D eigenvalue weighted by Gasteiger charge is 2.06. The zero-order valence-corrected chi connectivity index (χ0v) is 14.6. The van der Waals surface area contributed by atoms with E-state index in [0.717, 1.165) is 36.8 Å². The van der Waals surface area contributed by atoms with E-state index in [1.54, 1.807) is 0 Å². The van der Waals surface area contributed by atoms with Gasteiger partial charge in [0.05, 0.1) is 27.7 Å². The van der Waals surface area contributed by atoms with Gasteiger partial charge in [-0.3, -0.25) is 4.79 Å². The van der Waals surface area contributed by atoms with Gasteiger partial charge in [0.25, 0.3) is 0 Å². The van der Waals surface area contributed by atoms with Crippen molar-refractivity contribution < 1.29 is 9.28 Å². The van der Waals surface area contributed by atoms with Crippen molar-refractivity contribution in [3.8, 4) is 0 Å². The monoisotopic (exact) mass is 297 g/mol. The average Bonchev–Trinajstić information content (AvgIpc) is 2.41. The number of carbonyl (C=O) groups excluding carboxylic acids is 1. The van der Waals surface area contributed by atoms with Crippen LogP contribution < -0.4 is 5.32 Å². The summed E-state index contributed by atoms with van der Waals surface area (Å²) in [6.45, 7) is 5.66. The number of unbranched alkanes of at least 4 members (excludes halogenated alkanes) is 7. The summed E-state index contributed by atoms with van der Waals surface area (Å²) in [7, 11) is 6.54. The second kappa shape index (κ2) is 12.9. The molecule has 0 rings (SSSR count). The molecule has 0 aliphatic heterocycles. The van der Waals surface area contributed by atoms with Crippen LogP contribution in [-0.2, 0) is 4.79 Å². The van der Waals surface area contributed by atoms with Crippen LogP contribution in [0.2, 0.25) is 0 Å². The number of hydrogen-bond acceptors (Lipinski definition) is 1. The number of nitrogens with zero attached hydrogens (tertiary/aromatic N) is 1. The average molecular weight is 298 g/mol. The number of rotatable bonds is 14. The maximum atomic E-state index is 11.6. The molecule has 0 heterocycles. The van der Waals surface area contributed by atoms with E-state index in [1.807, 2.05) is 6.08 Å². The second-order valence-corrected chi connectivity index (χ2v) is 7.02. The Labute approximate surface area is 132 Å². The zero-order valence-electron chi connectivity index (χ0n) is 14.6. The molecule has 124 valence electrons. The van der Waals surface area contributed by atoms with Crippen LogP contribution >= 0.6 is 0 Å². The third-order valence-electron chi connectivity index (χ3n) is 3.64. The smallest absolute Gasteiger partial charge is 0.219 e. The summed E-state index contributed by atoms with van der Waals surface area (Å²) in [4.78, 5) is 11.6. The third kappa shape index (κ3) is 17.1. The Hall–Kier alpha value is -0.830. The van der Waals surface area contributed by atoms with Crippen molar-refractivity contribution in [2.75, 3.05) is 34.2 Å². The summed E-state index contributed by atoms with van der Waals surface area (Å²) in [6.07, 6.45) is 13.6.